The third kappa shape index (κ3) is 5.58. The molecule has 2 rings (SSSR count). The van der Waals surface area contributed by atoms with Gasteiger partial charge in [-0.05, 0) is 43.5 Å². The van der Waals surface area contributed by atoms with E-state index < -0.39 is 6.10 Å². The summed E-state index contributed by atoms with van der Waals surface area (Å²) in [6, 6.07) is 17.2. The van der Waals surface area contributed by atoms with E-state index in [4.69, 9.17) is 4.74 Å². The lowest BCUT2D eigenvalue weighted by Gasteiger charge is -2.14. The van der Waals surface area contributed by atoms with Crippen molar-refractivity contribution in [3.63, 3.8) is 0 Å². The summed E-state index contributed by atoms with van der Waals surface area (Å²) in [5.41, 5.74) is 2.82. The van der Waals surface area contributed by atoms with Crippen molar-refractivity contribution in [2.75, 3.05) is 5.32 Å². The predicted molar refractivity (Wildman–Crippen MR) is 90.1 cm³/mol. The van der Waals surface area contributed by atoms with Crippen LogP contribution in [0.5, 0.6) is 0 Å². The Hall–Kier alpha value is -2.62. The van der Waals surface area contributed by atoms with Crippen molar-refractivity contribution >= 4 is 17.6 Å². The van der Waals surface area contributed by atoms with Gasteiger partial charge in [0.25, 0.3) is 5.91 Å². The van der Waals surface area contributed by atoms with E-state index in [-0.39, 0.29) is 18.3 Å². The van der Waals surface area contributed by atoms with Gasteiger partial charge in [0.05, 0.1) is 0 Å². The van der Waals surface area contributed by atoms with Gasteiger partial charge in [-0.1, -0.05) is 42.5 Å². The van der Waals surface area contributed by atoms with Crippen molar-refractivity contribution in [2.24, 2.45) is 0 Å². The smallest absolute Gasteiger partial charge is 0.306 e. The van der Waals surface area contributed by atoms with Crippen molar-refractivity contribution in [3.05, 3.63) is 65.7 Å². The number of benzene rings is 2. The lowest BCUT2D eigenvalue weighted by Crippen LogP contribution is -2.30. The molecule has 1 N–H and O–H groups in total. The number of rotatable bonds is 6. The number of ether oxygens (including phenoxy) is 1. The summed E-state index contributed by atoms with van der Waals surface area (Å²) in [5.74, 6) is -0.704. The van der Waals surface area contributed by atoms with Gasteiger partial charge in [-0.15, -0.1) is 0 Å². The van der Waals surface area contributed by atoms with Crippen molar-refractivity contribution in [3.8, 4) is 0 Å². The van der Waals surface area contributed by atoms with Crippen LogP contribution in [0.2, 0.25) is 0 Å². The van der Waals surface area contributed by atoms with Gasteiger partial charge in [-0.25, -0.2) is 0 Å². The molecule has 0 bridgehead atoms. The SMILES string of the molecule is Cc1cccc(NC(=O)C(C)OC(=O)CCc2ccccc2)c1. The highest BCUT2D eigenvalue weighted by Gasteiger charge is 2.17. The molecule has 0 aliphatic rings. The number of nitrogens with one attached hydrogen (secondary N) is 1. The second kappa shape index (κ2) is 8.13. The van der Waals surface area contributed by atoms with Crippen LogP contribution in [0.25, 0.3) is 0 Å². The zero-order valence-electron chi connectivity index (χ0n) is 13.4. The molecule has 0 aromatic heterocycles. The maximum Gasteiger partial charge on any atom is 0.306 e. The maximum atomic E-state index is 12.0. The fourth-order valence-electron chi connectivity index (χ4n) is 2.17. The second-order valence-corrected chi connectivity index (χ2v) is 5.48. The van der Waals surface area contributed by atoms with E-state index >= 15 is 0 Å². The fraction of sp³-hybridized carbons (Fsp3) is 0.263. The lowest BCUT2D eigenvalue weighted by molar-refractivity contribution is -0.153. The summed E-state index contributed by atoms with van der Waals surface area (Å²) in [5, 5.41) is 2.75. The molecular formula is C19H21NO3. The van der Waals surface area contributed by atoms with E-state index in [1.807, 2.05) is 55.5 Å². The first-order valence-corrected chi connectivity index (χ1v) is 7.65. The normalized spacial score (nSPS) is 11.6. The highest BCUT2D eigenvalue weighted by molar-refractivity contribution is 5.95. The molecule has 0 aliphatic heterocycles. The average molecular weight is 311 g/mol. The van der Waals surface area contributed by atoms with Crippen molar-refractivity contribution in [2.45, 2.75) is 32.8 Å². The number of hydrogen-bond acceptors (Lipinski definition) is 3. The van der Waals surface area contributed by atoms with Crippen LogP contribution >= 0.6 is 0 Å². The van der Waals surface area contributed by atoms with E-state index in [1.165, 1.54) is 0 Å². The Bertz CT molecular complexity index is 667. The summed E-state index contributed by atoms with van der Waals surface area (Å²) in [6.45, 7) is 3.52. The molecule has 23 heavy (non-hydrogen) atoms. The highest BCUT2D eigenvalue weighted by atomic mass is 16.5. The molecule has 0 aliphatic carbocycles. The summed E-state index contributed by atoms with van der Waals surface area (Å²) in [4.78, 5) is 23.9. The minimum atomic E-state index is -0.821. The minimum Gasteiger partial charge on any atom is -0.453 e. The first-order valence-electron chi connectivity index (χ1n) is 7.65. The topological polar surface area (TPSA) is 55.4 Å². The zero-order chi connectivity index (χ0) is 16.7. The molecule has 2 aromatic carbocycles. The third-order valence-corrected chi connectivity index (χ3v) is 3.42. The summed E-state index contributed by atoms with van der Waals surface area (Å²) in [6.07, 6.45) is 0.0385. The molecule has 4 heteroatoms. The molecule has 0 saturated heterocycles. The fourth-order valence-corrected chi connectivity index (χ4v) is 2.17. The monoisotopic (exact) mass is 311 g/mol. The zero-order valence-corrected chi connectivity index (χ0v) is 13.4. The summed E-state index contributed by atoms with van der Waals surface area (Å²) >= 11 is 0. The molecule has 1 amide bonds. The number of carbonyl (C=O) groups is 2. The standard InChI is InChI=1S/C19H21NO3/c1-14-7-6-10-17(13-14)20-19(22)15(2)23-18(21)12-11-16-8-4-3-5-9-16/h3-10,13,15H,11-12H2,1-2H3,(H,20,22). The molecule has 0 radical (unpaired) electrons. The average Bonchev–Trinajstić information content (AvgIpc) is 2.54. The van der Waals surface area contributed by atoms with E-state index in [0.29, 0.717) is 12.1 Å². The maximum absolute atomic E-state index is 12.0. The Morgan fingerprint density at radius 2 is 1.83 bits per heavy atom. The van der Waals surface area contributed by atoms with Crippen LogP contribution in [0.4, 0.5) is 5.69 Å². The number of carbonyl (C=O) groups excluding carboxylic acids is 2. The quantitative estimate of drug-likeness (QED) is 0.831. The van der Waals surface area contributed by atoms with Crippen LogP contribution < -0.4 is 5.32 Å². The number of anilines is 1. The predicted octanol–water partition coefficient (Wildman–Crippen LogP) is 3.50. The van der Waals surface area contributed by atoms with Gasteiger partial charge in [0.15, 0.2) is 6.10 Å². The largest absolute Gasteiger partial charge is 0.453 e. The van der Waals surface area contributed by atoms with Gasteiger partial charge < -0.3 is 10.1 Å². The lowest BCUT2D eigenvalue weighted by atomic mass is 10.1. The molecule has 0 fully saturated rings. The molecule has 4 nitrogen and oxygen atoms in total. The minimum absolute atomic E-state index is 0.256. The van der Waals surface area contributed by atoms with Crippen LogP contribution in [-0.2, 0) is 20.7 Å². The highest BCUT2D eigenvalue weighted by Crippen LogP contribution is 2.11. The number of hydrogen-bond donors (Lipinski definition) is 1. The van der Waals surface area contributed by atoms with Gasteiger partial charge in [0, 0.05) is 12.1 Å². The van der Waals surface area contributed by atoms with Crippen molar-refractivity contribution < 1.29 is 14.3 Å². The van der Waals surface area contributed by atoms with Crippen molar-refractivity contribution in [1.29, 1.82) is 0 Å². The number of aryl methyl sites for hydroxylation is 2. The molecule has 0 spiro atoms. The summed E-state index contributed by atoms with van der Waals surface area (Å²) < 4.78 is 5.19. The van der Waals surface area contributed by atoms with Crippen LogP contribution in [0.1, 0.15) is 24.5 Å². The van der Waals surface area contributed by atoms with E-state index in [2.05, 4.69) is 5.32 Å². The third-order valence-electron chi connectivity index (χ3n) is 3.42. The van der Waals surface area contributed by atoms with Gasteiger partial charge in [-0.3, -0.25) is 9.59 Å². The molecule has 2 aromatic rings. The Morgan fingerprint density at radius 3 is 2.52 bits per heavy atom. The molecule has 1 atom stereocenters. The summed E-state index contributed by atoms with van der Waals surface area (Å²) in [7, 11) is 0. The van der Waals surface area contributed by atoms with E-state index in [0.717, 1.165) is 11.1 Å². The second-order valence-electron chi connectivity index (χ2n) is 5.48. The van der Waals surface area contributed by atoms with Crippen LogP contribution in [0, 0.1) is 6.92 Å². The first kappa shape index (κ1) is 16.7. The Labute approximate surface area is 136 Å². The van der Waals surface area contributed by atoms with Gasteiger partial charge in [0.1, 0.15) is 0 Å². The van der Waals surface area contributed by atoms with Gasteiger partial charge >= 0.3 is 5.97 Å². The molecule has 120 valence electrons. The molecular weight excluding hydrogens is 290 g/mol. The van der Waals surface area contributed by atoms with Crippen LogP contribution in [-0.4, -0.2) is 18.0 Å². The number of amides is 1. The molecule has 0 heterocycles. The van der Waals surface area contributed by atoms with E-state index in [1.54, 1.807) is 13.0 Å². The Morgan fingerprint density at radius 1 is 1.09 bits per heavy atom. The first-order chi connectivity index (χ1) is 11.0. The van der Waals surface area contributed by atoms with Gasteiger partial charge in [0.2, 0.25) is 0 Å². The van der Waals surface area contributed by atoms with Crippen LogP contribution in [0.15, 0.2) is 54.6 Å². The Kier molecular flexibility index (Phi) is 5.92. The molecule has 1 unspecified atom stereocenters. The van der Waals surface area contributed by atoms with Crippen molar-refractivity contribution in [1.82, 2.24) is 0 Å². The van der Waals surface area contributed by atoms with E-state index in [9.17, 15) is 9.59 Å². The van der Waals surface area contributed by atoms with Crippen LogP contribution in [0.3, 0.4) is 0 Å². The number of esters is 1. The Balaban J connectivity index is 1.79. The molecule has 0 saturated carbocycles. The van der Waals surface area contributed by atoms with Gasteiger partial charge in [-0.2, -0.15) is 0 Å².